The first kappa shape index (κ1) is 11.0. The minimum Gasteiger partial charge on any atom is -0.325 e. The maximum Gasteiger partial charge on any atom is 0.320 e. The number of Topliss-reactive ketones (excluding diaryl/α,β-unsaturated/α-hetero) is 1. The fourth-order valence-corrected chi connectivity index (χ4v) is 1.64. The van der Waals surface area contributed by atoms with E-state index in [1.165, 1.54) is 0 Å². The van der Waals surface area contributed by atoms with E-state index in [4.69, 9.17) is 0 Å². The van der Waals surface area contributed by atoms with Crippen molar-refractivity contribution in [2.75, 3.05) is 26.2 Å². The van der Waals surface area contributed by atoms with Gasteiger partial charge in [0.2, 0.25) is 0 Å². The molecule has 0 bridgehead atoms. The standard InChI is InChI=1S/C10H18N2O2/c1-3-11(4-2)10(14)12-7-5-9(13)6-8-12/h3-8H2,1-2H3. The van der Waals surface area contributed by atoms with Gasteiger partial charge in [-0.2, -0.15) is 0 Å². The summed E-state index contributed by atoms with van der Waals surface area (Å²) in [5.74, 6) is 0.272. The summed E-state index contributed by atoms with van der Waals surface area (Å²) in [5, 5.41) is 0. The maximum absolute atomic E-state index is 11.8. The van der Waals surface area contributed by atoms with Crippen LogP contribution >= 0.6 is 0 Å². The number of carbonyl (C=O) groups excluding carboxylic acids is 2. The van der Waals surface area contributed by atoms with Gasteiger partial charge in [0.1, 0.15) is 5.78 Å². The normalized spacial score (nSPS) is 17.0. The topological polar surface area (TPSA) is 40.6 Å². The molecule has 4 nitrogen and oxygen atoms in total. The van der Waals surface area contributed by atoms with Crippen LogP contribution in [-0.4, -0.2) is 47.8 Å². The monoisotopic (exact) mass is 198 g/mol. The maximum atomic E-state index is 11.8. The lowest BCUT2D eigenvalue weighted by Crippen LogP contribution is -2.46. The lowest BCUT2D eigenvalue weighted by molar-refractivity contribution is -0.120. The molecule has 1 fully saturated rings. The average Bonchev–Trinajstić information content (AvgIpc) is 2.20. The third-order valence-corrected chi connectivity index (χ3v) is 2.63. The number of ketones is 1. The SMILES string of the molecule is CCN(CC)C(=O)N1CCC(=O)CC1. The highest BCUT2D eigenvalue weighted by Gasteiger charge is 2.23. The predicted octanol–water partition coefficient (Wildman–Crippen LogP) is 1.11. The summed E-state index contributed by atoms with van der Waals surface area (Å²) >= 11 is 0. The van der Waals surface area contributed by atoms with Crippen LogP contribution in [0.25, 0.3) is 0 Å². The molecule has 0 N–H and O–H groups in total. The van der Waals surface area contributed by atoms with Crippen molar-refractivity contribution in [1.29, 1.82) is 0 Å². The first-order valence-electron chi connectivity index (χ1n) is 5.24. The van der Waals surface area contributed by atoms with Gasteiger partial charge in [0.15, 0.2) is 0 Å². The molecule has 0 aliphatic carbocycles. The summed E-state index contributed by atoms with van der Waals surface area (Å²) in [6, 6.07) is 0.0718. The molecular weight excluding hydrogens is 180 g/mol. The molecular formula is C10H18N2O2. The number of piperidine rings is 1. The molecule has 0 aromatic carbocycles. The van der Waals surface area contributed by atoms with Crippen LogP contribution in [0.2, 0.25) is 0 Å². The van der Waals surface area contributed by atoms with E-state index in [0.29, 0.717) is 25.9 Å². The molecule has 1 saturated heterocycles. The lowest BCUT2D eigenvalue weighted by Gasteiger charge is -2.31. The number of urea groups is 1. The van der Waals surface area contributed by atoms with Crippen molar-refractivity contribution in [3.8, 4) is 0 Å². The van der Waals surface area contributed by atoms with Gasteiger partial charge in [-0.15, -0.1) is 0 Å². The molecule has 2 amide bonds. The fourth-order valence-electron chi connectivity index (χ4n) is 1.64. The van der Waals surface area contributed by atoms with E-state index in [0.717, 1.165) is 13.1 Å². The summed E-state index contributed by atoms with van der Waals surface area (Å²) in [5.41, 5.74) is 0. The largest absolute Gasteiger partial charge is 0.325 e. The summed E-state index contributed by atoms with van der Waals surface area (Å²) in [6.45, 7) is 6.59. The summed E-state index contributed by atoms with van der Waals surface area (Å²) in [6.07, 6.45) is 1.04. The van der Waals surface area contributed by atoms with Gasteiger partial charge in [0.25, 0.3) is 0 Å². The quantitative estimate of drug-likeness (QED) is 0.667. The second kappa shape index (κ2) is 4.98. The number of carbonyl (C=O) groups is 2. The van der Waals surface area contributed by atoms with Gasteiger partial charge in [0, 0.05) is 39.0 Å². The molecule has 0 aromatic rings. The third-order valence-electron chi connectivity index (χ3n) is 2.63. The van der Waals surface area contributed by atoms with E-state index in [2.05, 4.69) is 0 Å². The van der Waals surface area contributed by atoms with E-state index < -0.39 is 0 Å². The van der Waals surface area contributed by atoms with Gasteiger partial charge in [-0.1, -0.05) is 0 Å². The molecule has 1 heterocycles. The first-order chi connectivity index (χ1) is 6.69. The van der Waals surface area contributed by atoms with Gasteiger partial charge in [-0.05, 0) is 13.8 Å². The van der Waals surface area contributed by atoms with Crippen molar-refractivity contribution >= 4 is 11.8 Å². The Bertz CT molecular complexity index is 214. The second-order valence-electron chi connectivity index (χ2n) is 3.48. The number of likely N-dealkylation sites (tertiary alicyclic amines) is 1. The van der Waals surface area contributed by atoms with Gasteiger partial charge in [-0.3, -0.25) is 4.79 Å². The molecule has 4 heteroatoms. The van der Waals surface area contributed by atoms with Gasteiger partial charge in [-0.25, -0.2) is 4.79 Å². The lowest BCUT2D eigenvalue weighted by atomic mass is 10.1. The molecule has 0 aromatic heterocycles. The van der Waals surface area contributed by atoms with Crippen molar-refractivity contribution in [3.05, 3.63) is 0 Å². The van der Waals surface area contributed by atoms with Crippen LogP contribution in [0.4, 0.5) is 4.79 Å². The van der Waals surface area contributed by atoms with E-state index in [-0.39, 0.29) is 11.8 Å². The fraction of sp³-hybridized carbons (Fsp3) is 0.800. The highest BCUT2D eigenvalue weighted by Crippen LogP contribution is 2.08. The number of hydrogen-bond donors (Lipinski definition) is 0. The van der Waals surface area contributed by atoms with Crippen molar-refractivity contribution in [2.45, 2.75) is 26.7 Å². The zero-order chi connectivity index (χ0) is 10.6. The van der Waals surface area contributed by atoms with Crippen LogP contribution in [0, 0.1) is 0 Å². The molecule has 14 heavy (non-hydrogen) atoms. The average molecular weight is 198 g/mol. The van der Waals surface area contributed by atoms with Crippen molar-refractivity contribution in [1.82, 2.24) is 9.80 Å². The van der Waals surface area contributed by atoms with Crippen molar-refractivity contribution < 1.29 is 9.59 Å². The predicted molar refractivity (Wildman–Crippen MR) is 54.1 cm³/mol. The summed E-state index contributed by atoms with van der Waals surface area (Å²) in [4.78, 5) is 26.4. The second-order valence-corrected chi connectivity index (χ2v) is 3.48. The Balaban J connectivity index is 2.48. The Labute approximate surface area is 84.9 Å². The number of amides is 2. The van der Waals surface area contributed by atoms with Crippen LogP contribution in [0.3, 0.4) is 0 Å². The third kappa shape index (κ3) is 2.47. The molecule has 0 atom stereocenters. The summed E-state index contributed by atoms with van der Waals surface area (Å²) < 4.78 is 0. The molecule has 0 saturated carbocycles. The van der Waals surface area contributed by atoms with Gasteiger partial charge in [0.05, 0.1) is 0 Å². The Kier molecular flexibility index (Phi) is 3.92. The van der Waals surface area contributed by atoms with Crippen LogP contribution in [0.1, 0.15) is 26.7 Å². The Hall–Kier alpha value is -1.06. The molecule has 1 aliphatic rings. The Morgan fingerprint density at radius 2 is 1.79 bits per heavy atom. The molecule has 80 valence electrons. The first-order valence-corrected chi connectivity index (χ1v) is 5.24. The van der Waals surface area contributed by atoms with Crippen LogP contribution in [0.5, 0.6) is 0 Å². The zero-order valence-electron chi connectivity index (χ0n) is 8.95. The minimum absolute atomic E-state index is 0.0718. The number of rotatable bonds is 2. The highest BCUT2D eigenvalue weighted by atomic mass is 16.2. The van der Waals surface area contributed by atoms with Gasteiger partial charge >= 0.3 is 6.03 Å². The number of hydrogen-bond acceptors (Lipinski definition) is 2. The van der Waals surface area contributed by atoms with E-state index in [9.17, 15) is 9.59 Å². The van der Waals surface area contributed by atoms with E-state index in [1.807, 2.05) is 13.8 Å². The van der Waals surface area contributed by atoms with Crippen molar-refractivity contribution in [2.24, 2.45) is 0 Å². The number of nitrogens with zero attached hydrogens (tertiary/aromatic N) is 2. The molecule has 1 aliphatic heterocycles. The molecule has 0 radical (unpaired) electrons. The molecule has 1 rings (SSSR count). The highest BCUT2D eigenvalue weighted by molar-refractivity contribution is 5.82. The van der Waals surface area contributed by atoms with Crippen LogP contribution in [-0.2, 0) is 4.79 Å². The molecule has 0 unspecified atom stereocenters. The smallest absolute Gasteiger partial charge is 0.320 e. The van der Waals surface area contributed by atoms with E-state index >= 15 is 0 Å². The summed E-state index contributed by atoms with van der Waals surface area (Å²) in [7, 11) is 0. The Morgan fingerprint density at radius 3 is 2.21 bits per heavy atom. The molecule has 0 spiro atoms. The van der Waals surface area contributed by atoms with E-state index in [1.54, 1.807) is 9.80 Å². The van der Waals surface area contributed by atoms with Crippen molar-refractivity contribution in [3.63, 3.8) is 0 Å². The van der Waals surface area contributed by atoms with Gasteiger partial charge < -0.3 is 9.80 Å². The van der Waals surface area contributed by atoms with Crippen LogP contribution < -0.4 is 0 Å². The minimum atomic E-state index is 0.0718. The Morgan fingerprint density at radius 1 is 1.29 bits per heavy atom. The zero-order valence-corrected chi connectivity index (χ0v) is 8.95. The van der Waals surface area contributed by atoms with Crippen LogP contribution in [0.15, 0.2) is 0 Å².